The van der Waals surface area contributed by atoms with Gasteiger partial charge < -0.3 is 5.32 Å². The van der Waals surface area contributed by atoms with Crippen molar-refractivity contribution in [3.63, 3.8) is 0 Å². The lowest BCUT2D eigenvalue weighted by Gasteiger charge is -2.50. The zero-order chi connectivity index (χ0) is 13.9. The van der Waals surface area contributed by atoms with Gasteiger partial charge in [0.2, 0.25) is 0 Å². The highest BCUT2D eigenvalue weighted by Gasteiger charge is 2.37. The Morgan fingerprint density at radius 3 is 2.70 bits per heavy atom. The highest BCUT2D eigenvalue weighted by molar-refractivity contribution is 5.22. The van der Waals surface area contributed by atoms with Crippen molar-refractivity contribution in [3.05, 3.63) is 29.6 Å². The maximum absolute atomic E-state index is 4.40. The van der Waals surface area contributed by atoms with Gasteiger partial charge in [0.1, 0.15) is 0 Å². The van der Waals surface area contributed by atoms with Gasteiger partial charge in [-0.05, 0) is 31.0 Å². The number of fused-ring (bicyclic) bond motifs is 3. The summed E-state index contributed by atoms with van der Waals surface area (Å²) < 4.78 is 0. The maximum Gasteiger partial charge on any atom is 0.0506 e. The summed E-state index contributed by atoms with van der Waals surface area (Å²) in [6.45, 7) is 11.5. The average Bonchev–Trinajstić information content (AvgIpc) is 2.49. The Hall–Kier alpha value is -0.970. The van der Waals surface area contributed by atoms with Gasteiger partial charge in [0.25, 0.3) is 0 Å². The monoisotopic (exact) mass is 274 g/mol. The number of hydrogen-bond acceptors (Lipinski definition) is 4. The second-order valence-corrected chi connectivity index (χ2v) is 6.13. The second-order valence-electron chi connectivity index (χ2n) is 6.13. The number of rotatable bonds is 5. The Kier molecular flexibility index (Phi) is 4.34. The van der Waals surface area contributed by atoms with E-state index in [1.54, 1.807) is 0 Å². The Balaban J connectivity index is 1.82. The minimum Gasteiger partial charge on any atom is -0.309 e. The lowest BCUT2D eigenvalue weighted by atomic mass is 9.94. The molecule has 0 radical (unpaired) electrons. The van der Waals surface area contributed by atoms with E-state index >= 15 is 0 Å². The first-order valence-corrected chi connectivity index (χ1v) is 7.89. The molecule has 3 fully saturated rings. The van der Waals surface area contributed by atoms with Crippen molar-refractivity contribution in [2.45, 2.75) is 32.4 Å². The van der Waals surface area contributed by atoms with Crippen LogP contribution in [0.15, 0.2) is 18.5 Å². The Morgan fingerprint density at radius 1 is 1.30 bits per heavy atom. The highest BCUT2D eigenvalue weighted by atomic mass is 15.4. The van der Waals surface area contributed by atoms with E-state index in [4.69, 9.17) is 0 Å². The van der Waals surface area contributed by atoms with Crippen molar-refractivity contribution >= 4 is 0 Å². The first-order valence-electron chi connectivity index (χ1n) is 7.89. The second kappa shape index (κ2) is 6.20. The van der Waals surface area contributed by atoms with E-state index in [1.807, 2.05) is 12.4 Å². The third-order valence-electron chi connectivity index (χ3n) is 4.58. The van der Waals surface area contributed by atoms with Crippen LogP contribution in [0.5, 0.6) is 0 Å². The Labute approximate surface area is 122 Å². The first-order chi connectivity index (χ1) is 9.78. The predicted molar refractivity (Wildman–Crippen MR) is 81.8 cm³/mol. The fraction of sp³-hybridized carbons (Fsp3) is 0.688. The maximum atomic E-state index is 4.40. The largest absolute Gasteiger partial charge is 0.309 e. The van der Waals surface area contributed by atoms with Gasteiger partial charge in [-0.25, -0.2) is 0 Å². The molecule has 3 aliphatic heterocycles. The van der Waals surface area contributed by atoms with Gasteiger partial charge in [-0.3, -0.25) is 14.8 Å². The van der Waals surface area contributed by atoms with Crippen LogP contribution >= 0.6 is 0 Å². The van der Waals surface area contributed by atoms with Gasteiger partial charge in [0.05, 0.1) is 6.04 Å². The van der Waals surface area contributed by atoms with Gasteiger partial charge in [-0.1, -0.05) is 13.0 Å². The SMILES string of the molecule is CCCNC(c1cncc(C)c1)C1CN2CCN1CC2. The van der Waals surface area contributed by atoms with E-state index in [9.17, 15) is 0 Å². The van der Waals surface area contributed by atoms with Crippen LogP contribution in [-0.2, 0) is 0 Å². The molecule has 4 rings (SSSR count). The third-order valence-corrected chi connectivity index (χ3v) is 4.58. The van der Waals surface area contributed by atoms with Gasteiger partial charge in [0, 0.05) is 51.2 Å². The molecule has 2 atom stereocenters. The molecular weight excluding hydrogens is 248 g/mol. The molecule has 0 aromatic carbocycles. The fourth-order valence-corrected chi connectivity index (χ4v) is 3.50. The molecule has 2 unspecified atom stereocenters. The smallest absolute Gasteiger partial charge is 0.0506 e. The molecule has 3 aliphatic rings. The number of nitrogens with one attached hydrogen (secondary N) is 1. The molecule has 1 aromatic rings. The van der Waals surface area contributed by atoms with Crippen molar-refractivity contribution in [1.29, 1.82) is 0 Å². The number of nitrogens with zero attached hydrogens (tertiary/aromatic N) is 3. The summed E-state index contributed by atoms with van der Waals surface area (Å²) in [5.74, 6) is 0. The number of aryl methyl sites for hydroxylation is 1. The minimum atomic E-state index is 0.408. The normalized spacial score (nSPS) is 30.4. The molecule has 110 valence electrons. The summed E-state index contributed by atoms with van der Waals surface area (Å²) in [5.41, 5.74) is 2.60. The van der Waals surface area contributed by atoms with Crippen LogP contribution in [0.4, 0.5) is 0 Å². The molecule has 4 nitrogen and oxygen atoms in total. The molecule has 0 saturated carbocycles. The fourth-order valence-electron chi connectivity index (χ4n) is 3.50. The van der Waals surface area contributed by atoms with Crippen molar-refractivity contribution in [3.8, 4) is 0 Å². The van der Waals surface area contributed by atoms with Gasteiger partial charge in [0.15, 0.2) is 0 Å². The van der Waals surface area contributed by atoms with Gasteiger partial charge >= 0.3 is 0 Å². The molecule has 1 aromatic heterocycles. The van der Waals surface area contributed by atoms with Crippen LogP contribution in [0.1, 0.15) is 30.5 Å². The molecule has 0 amide bonds. The van der Waals surface area contributed by atoms with Crippen LogP contribution in [0.2, 0.25) is 0 Å². The van der Waals surface area contributed by atoms with E-state index in [1.165, 1.54) is 50.3 Å². The van der Waals surface area contributed by atoms with Gasteiger partial charge in [-0.15, -0.1) is 0 Å². The number of aromatic nitrogens is 1. The molecular formula is C16H26N4. The zero-order valence-corrected chi connectivity index (χ0v) is 12.7. The first kappa shape index (κ1) is 14.0. The van der Waals surface area contributed by atoms with Crippen LogP contribution < -0.4 is 5.32 Å². The van der Waals surface area contributed by atoms with Crippen molar-refractivity contribution in [2.24, 2.45) is 0 Å². The summed E-state index contributed by atoms with van der Waals surface area (Å²) >= 11 is 0. The van der Waals surface area contributed by atoms with Crippen molar-refractivity contribution < 1.29 is 0 Å². The standard InChI is InChI=1S/C16H26N4/c1-3-4-18-16(14-9-13(2)10-17-11-14)15-12-19-5-7-20(15)8-6-19/h9-11,15-16,18H,3-8,12H2,1-2H3. The lowest BCUT2D eigenvalue weighted by Crippen LogP contribution is -2.64. The van der Waals surface area contributed by atoms with E-state index in [-0.39, 0.29) is 0 Å². The average molecular weight is 274 g/mol. The zero-order valence-electron chi connectivity index (χ0n) is 12.7. The van der Waals surface area contributed by atoms with E-state index < -0.39 is 0 Å². The minimum absolute atomic E-state index is 0.408. The van der Waals surface area contributed by atoms with E-state index in [2.05, 4.69) is 40.0 Å². The number of piperazine rings is 3. The van der Waals surface area contributed by atoms with Crippen LogP contribution in [0.25, 0.3) is 0 Å². The van der Waals surface area contributed by atoms with Crippen molar-refractivity contribution in [1.82, 2.24) is 20.1 Å². The molecule has 0 aliphatic carbocycles. The Morgan fingerprint density at radius 2 is 2.10 bits per heavy atom. The van der Waals surface area contributed by atoms with Crippen LogP contribution in [-0.4, -0.2) is 60.1 Å². The molecule has 0 spiro atoms. The summed E-state index contributed by atoms with van der Waals surface area (Å²) in [4.78, 5) is 9.67. The third kappa shape index (κ3) is 2.87. The summed E-state index contributed by atoms with van der Waals surface area (Å²) in [7, 11) is 0. The van der Waals surface area contributed by atoms with E-state index in [0.717, 1.165) is 6.54 Å². The van der Waals surface area contributed by atoms with Crippen molar-refractivity contribution in [2.75, 3.05) is 39.3 Å². The van der Waals surface area contributed by atoms with E-state index in [0.29, 0.717) is 12.1 Å². The molecule has 3 saturated heterocycles. The lowest BCUT2D eigenvalue weighted by molar-refractivity contribution is -0.00369. The number of hydrogen-bond donors (Lipinski definition) is 1. The topological polar surface area (TPSA) is 31.4 Å². The number of pyridine rings is 1. The summed E-state index contributed by atoms with van der Waals surface area (Å²) in [6.07, 6.45) is 5.16. The quantitative estimate of drug-likeness (QED) is 0.880. The molecule has 20 heavy (non-hydrogen) atoms. The summed E-state index contributed by atoms with van der Waals surface area (Å²) in [5, 5.41) is 3.76. The highest BCUT2D eigenvalue weighted by Crippen LogP contribution is 2.27. The summed E-state index contributed by atoms with van der Waals surface area (Å²) in [6, 6.07) is 3.29. The van der Waals surface area contributed by atoms with Crippen LogP contribution in [0, 0.1) is 6.92 Å². The molecule has 4 heteroatoms. The van der Waals surface area contributed by atoms with Gasteiger partial charge in [-0.2, -0.15) is 0 Å². The molecule has 4 heterocycles. The predicted octanol–water partition coefficient (Wildman–Crippen LogP) is 1.43. The molecule has 2 bridgehead atoms. The Bertz CT molecular complexity index is 440. The molecule has 1 N–H and O–H groups in total. The van der Waals surface area contributed by atoms with Crippen LogP contribution in [0.3, 0.4) is 0 Å².